The Hall–Kier alpha value is -3.82. The molecular weight excluding hydrogens is 377 g/mol. The molecular formula is C18H13F3N4O3. The number of alkyl halides is 3. The summed E-state index contributed by atoms with van der Waals surface area (Å²) in [6.07, 6.45) is -0.180. The van der Waals surface area contributed by atoms with E-state index in [1.807, 2.05) is 0 Å². The zero-order chi connectivity index (χ0) is 20.3. The van der Waals surface area contributed by atoms with Crippen LogP contribution in [0, 0.1) is 0 Å². The number of nitrogen functional groups attached to an aromatic ring is 1. The van der Waals surface area contributed by atoms with E-state index in [9.17, 15) is 18.0 Å². The Morgan fingerprint density at radius 2 is 1.86 bits per heavy atom. The van der Waals surface area contributed by atoms with Gasteiger partial charge >= 0.3 is 12.3 Å². The number of benzene rings is 2. The molecule has 0 atom stereocenters. The van der Waals surface area contributed by atoms with Gasteiger partial charge in [0, 0.05) is 5.69 Å². The van der Waals surface area contributed by atoms with Crippen molar-refractivity contribution in [1.29, 1.82) is 0 Å². The van der Waals surface area contributed by atoms with Crippen molar-refractivity contribution in [1.82, 2.24) is 14.8 Å². The van der Waals surface area contributed by atoms with E-state index in [0.29, 0.717) is 17.1 Å². The van der Waals surface area contributed by atoms with Crippen LogP contribution in [0.2, 0.25) is 0 Å². The summed E-state index contributed by atoms with van der Waals surface area (Å²) in [6.45, 7) is 0. The summed E-state index contributed by atoms with van der Waals surface area (Å²) in [5.74, 6) is -1.15. The van der Waals surface area contributed by atoms with E-state index in [1.54, 1.807) is 18.2 Å². The van der Waals surface area contributed by atoms with Crippen molar-refractivity contribution in [2.45, 2.75) is 6.36 Å². The summed E-state index contributed by atoms with van der Waals surface area (Å²) < 4.78 is 41.8. The molecule has 0 saturated heterocycles. The lowest BCUT2D eigenvalue weighted by Gasteiger charge is -2.09. The highest BCUT2D eigenvalue weighted by molar-refractivity contribution is 5.94. The topological polar surface area (TPSA) is 103 Å². The third-order valence-electron chi connectivity index (χ3n) is 3.58. The molecule has 3 rings (SSSR count). The van der Waals surface area contributed by atoms with Crippen molar-refractivity contribution in [2.24, 2.45) is 0 Å². The Labute approximate surface area is 156 Å². The van der Waals surface area contributed by atoms with Crippen LogP contribution in [-0.4, -0.2) is 32.2 Å². The number of hydrogen-bond acceptors (Lipinski definition) is 5. The highest BCUT2D eigenvalue weighted by Gasteiger charge is 2.30. The lowest BCUT2D eigenvalue weighted by Crippen LogP contribution is -2.17. The molecule has 0 bridgehead atoms. The van der Waals surface area contributed by atoms with Gasteiger partial charge in [-0.2, -0.15) is 0 Å². The van der Waals surface area contributed by atoms with E-state index in [0.717, 1.165) is 0 Å². The molecule has 0 unspecified atom stereocenters. The van der Waals surface area contributed by atoms with Crippen LogP contribution in [-0.2, 0) is 0 Å². The first-order valence-corrected chi connectivity index (χ1v) is 7.80. The number of carboxylic acids is 1. The van der Waals surface area contributed by atoms with Gasteiger partial charge < -0.3 is 15.6 Å². The average molecular weight is 390 g/mol. The third kappa shape index (κ3) is 4.67. The maximum atomic E-state index is 12.2. The van der Waals surface area contributed by atoms with Crippen LogP contribution < -0.4 is 10.5 Å². The van der Waals surface area contributed by atoms with Gasteiger partial charge in [0.25, 0.3) is 0 Å². The van der Waals surface area contributed by atoms with Crippen LogP contribution in [0.15, 0.2) is 48.8 Å². The molecule has 10 heteroatoms. The maximum absolute atomic E-state index is 12.2. The van der Waals surface area contributed by atoms with Gasteiger partial charge in [-0.05, 0) is 48.0 Å². The molecule has 28 heavy (non-hydrogen) atoms. The fraction of sp³-hybridized carbons (Fsp3) is 0.0556. The predicted octanol–water partition coefficient (Wildman–Crippen LogP) is 3.62. The second-order valence-electron chi connectivity index (χ2n) is 5.57. The zero-order valence-corrected chi connectivity index (χ0v) is 14.1. The number of ether oxygens (including phenoxy) is 1. The molecule has 1 heterocycles. The van der Waals surface area contributed by atoms with Gasteiger partial charge in [0.05, 0.1) is 11.3 Å². The number of aromatic carboxylic acids is 1. The van der Waals surface area contributed by atoms with E-state index in [2.05, 4.69) is 14.8 Å². The Morgan fingerprint density at radius 1 is 1.14 bits per heavy atom. The van der Waals surface area contributed by atoms with Gasteiger partial charge in [-0.15, -0.1) is 18.3 Å². The number of hydrogen-bond donors (Lipinski definition) is 2. The smallest absolute Gasteiger partial charge is 0.478 e. The van der Waals surface area contributed by atoms with E-state index in [4.69, 9.17) is 10.8 Å². The Bertz CT molecular complexity index is 1030. The summed E-state index contributed by atoms with van der Waals surface area (Å²) in [7, 11) is 0. The first-order chi connectivity index (χ1) is 13.2. The molecule has 0 amide bonds. The SMILES string of the molecule is Nc1ccc(/C=C/c2ncn(-c3ccc(OC(F)(F)F)cc3)n2)cc1C(=O)O. The van der Waals surface area contributed by atoms with Gasteiger partial charge in [0.15, 0.2) is 5.82 Å². The first-order valence-electron chi connectivity index (χ1n) is 7.80. The van der Waals surface area contributed by atoms with Gasteiger partial charge in [-0.3, -0.25) is 0 Å². The number of rotatable bonds is 5. The number of halogens is 3. The molecule has 2 aromatic carbocycles. The molecule has 0 radical (unpaired) electrons. The average Bonchev–Trinajstić information content (AvgIpc) is 3.09. The fourth-order valence-electron chi connectivity index (χ4n) is 2.31. The summed E-state index contributed by atoms with van der Waals surface area (Å²) >= 11 is 0. The van der Waals surface area contributed by atoms with Gasteiger partial charge in [0.2, 0.25) is 0 Å². The van der Waals surface area contributed by atoms with Crippen molar-refractivity contribution >= 4 is 23.8 Å². The van der Waals surface area contributed by atoms with E-state index in [1.165, 1.54) is 47.4 Å². The minimum atomic E-state index is -4.75. The Morgan fingerprint density at radius 3 is 2.50 bits per heavy atom. The Kier molecular flexibility index (Phi) is 5.03. The summed E-state index contributed by atoms with van der Waals surface area (Å²) in [5.41, 5.74) is 6.83. The predicted molar refractivity (Wildman–Crippen MR) is 94.8 cm³/mol. The van der Waals surface area contributed by atoms with Crippen molar-refractivity contribution < 1.29 is 27.8 Å². The van der Waals surface area contributed by atoms with Crippen LogP contribution in [0.5, 0.6) is 5.75 Å². The zero-order valence-electron chi connectivity index (χ0n) is 14.1. The first kappa shape index (κ1) is 19.0. The quantitative estimate of drug-likeness (QED) is 0.645. The monoisotopic (exact) mass is 390 g/mol. The Balaban J connectivity index is 1.75. The number of nitrogens with zero attached hydrogens (tertiary/aromatic N) is 3. The molecule has 0 aliphatic heterocycles. The highest BCUT2D eigenvalue weighted by Crippen LogP contribution is 2.23. The number of nitrogens with two attached hydrogens (primary N) is 1. The number of anilines is 1. The van der Waals surface area contributed by atoms with Crippen LogP contribution in [0.25, 0.3) is 17.8 Å². The summed E-state index contributed by atoms with van der Waals surface area (Å²) in [5, 5.41) is 13.3. The molecule has 0 saturated carbocycles. The molecule has 0 aliphatic carbocycles. The third-order valence-corrected chi connectivity index (χ3v) is 3.58. The van der Waals surface area contributed by atoms with Crippen LogP contribution in [0.1, 0.15) is 21.7 Å². The minimum Gasteiger partial charge on any atom is -0.478 e. The van der Waals surface area contributed by atoms with Crippen molar-refractivity contribution in [3.8, 4) is 11.4 Å². The fourth-order valence-corrected chi connectivity index (χ4v) is 2.31. The van der Waals surface area contributed by atoms with Gasteiger partial charge in [-0.1, -0.05) is 12.1 Å². The van der Waals surface area contributed by atoms with Gasteiger partial charge in [0.1, 0.15) is 12.1 Å². The molecule has 7 nitrogen and oxygen atoms in total. The second-order valence-corrected chi connectivity index (χ2v) is 5.57. The molecule has 1 aromatic heterocycles. The van der Waals surface area contributed by atoms with E-state index >= 15 is 0 Å². The number of carbonyl (C=O) groups is 1. The number of aromatic nitrogens is 3. The molecule has 0 aliphatic rings. The van der Waals surface area contributed by atoms with Crippen molar-refractivity contribution in [3.05, 3.63) is 65.7 Å². The maximum Gasteiger partial charge on any atom is 0.573 e. The van der Waals surface area contributed by atoms with Crippen LogP contribution in [0.4, 0.5) is 18.9 Å². The van der Waals surface area contributed by atoms with E-state index in [-0.39, 0.29) is 17.0 Å². The van der Waals surface area contributed by atoms with Crippen molar-refractivity contribution in [2.75, 3.05) is 5.73 Å². The van der Waals surface area contributed by atoms with Crippen molar-refractivity contribution in [3.63, 3.8) is 0 Å². The van der Waals surface area contributed by atoms with E-state index < -0.39 is 12.3 Å². The lowest BCUT2D eigenvalue weighted by atomic mass is 10.1. The molecule has 3 aromatic rings. The molecule has 144 valence electrons. The molecule has 3 N–H and O–H groups in total. The normalized spacial score (nSPS) is 11.7. The van der Waals surface area contributed by atoms with Crippen LogP contribution >= 0.6 is 0 Å². The van der Waals surface area contributed by atoms with Crippen LogP contribution in [0.3, 0.4) is 0 Å². The highest BCUT2D eigenvalue weighted by atomic mass is 19.4. The largest absolute Gasteiger partial charge is 0.573 e. The molecule has 0 spiro atoms. The standard InChI is InChI=1S/C18H13F3N4O3/c19-18(20,21)28-13-5-3-12(4-6-13)25-10-23-16(24-25)8-2-11-1-7-15(22)14(9-11)17(26)27/h1-10H,22H2,(H,26,27)/b8-2+. The number of carboxylic acid groups (broad SMARTS) is 1. The van der Waals surface area contributed by atoms with Gasteiger partial charge in [-0.25, -0.2) is 14.5 Å². The summed E-state index contributed by atoms with van der Waals surface area (Å²) in [6, 6.07) is 9.70. The minimum absolute atomic E-state index is 0.0122. The second kappa shape index (κ2) is 7.43. The lowest BCUT2D eigenvalue weighted by molar-refractivity contribution is -0.274. The summed E-state index contributed by atoms with van der Waals surface area (Å²) in [4.78, 5) is 15.2. The molecule has 0 fully saturated rings.